The number of nitrogen functional groups attached to an aromatic ring is 1. The second kappa shape index (κ2) is 9.04. The van der Waals surface area contributed by atoms with Gasteiger partial charge in [-0.1, -0.05) is 6.08 Å². The summed E-state index contributed by atoms with van der Waals surface area (Å²) in [5.41, 5.74) is 5.42. The lowest BCUT2D eigenvalue weighted by Gasteiger charge is -2.31. The van der Waals surface area contributed by atoms with Crippen molar-refractivity contribution in [3.8, 4) is 11.3 Å². The number of carbonyl (C=O) groups excluding carboxylic acids is 1. The van der Waals surface area contributed by atoms with Gasteiger partial charge in [-0.15, -0.1) is 0 Å². The van der Waals surface area contributed by atoms with Gasteiger partial charge in [0, 0.05) is 56.1 Å². The number of halogens is 2. The number of dihydropyridines is 1. The van der Waals surface area contributed by atoms with Gasteiger partial charge >= 0.3 is 0 Å². The lowest BCUT2D eigenvalue weighted by molar-refractivity contribution is 0.103. The van der Waals surface area contributed by atoms with E-state index in [1.807, 2.05) is 11.9 Å². The molecule has 0 radical (unpaired) electrons. The third kappa shape index (κ3) is 4.54. The zero-order valence-electron chi connectivity index (χ0n) is 17.8. The molecule has 0 spiro atoms. The van der Waals surface area contributed by atoms with Crippen LogP contribution in [-0.4, -0.2) is 79.4 Å². The minimum absolute atomic E-state index is 0.145. The molecule has 2 aromatic rings. The van der Waals surface area contributed by atoms with Gasteiger partial charge in [0.2, 0.25) is 15.8 Å². The van der Waals surface area contributed by atoms with Gasteiger partial charge in [-0.2, -0.15) is 4.31 Å². The van der Waals surface area contributed by atoms with Crippen LogP contribution in [0.1, 0.15) is 16.9 Å². The molecule has 9 nitrogen and oxygen atoms in total. The van der Waals surface area contributed by atoms with E-state index in [9.17, 15) is 22.0 Å². The second-order valence-corrected chi connectivity index (χ2v) is 9.68. The molecule has 2 aliphatic rings. The molecule has 174 valence electrons. The number of ketones is 1. The van der Waals surface area contributed by atoms with E-state index >= 15 is 0 Å². The van der Waals surface area contributed by atoms with Crippen molar-refractivity contribution in [3.63, 3.8) is 0 Å². The Labute approximate surface area is 189 Å². The number of Topliss-reactive ketones (excluding diaryl/α,β-unsaturated/α-hetero) is 1. The molecule has 33 heavy (non-hydrogen) atoms. The van der Waals surface area contributed by atoms with Crippen molar-refractivity contribution in [1.82, 2.24) is 19.2 Å². The summed E-state index contributed by atoms with van der Waals surface area (Å²) in [5, 5.41) is 0. The van der Waals surface area contributed by atoms with Gasteiger partial charge in [-0.05, 0) is 19.5 Å². The number of aromatic nitrogens is 2. The number of aliphatic imine (C=N–C) groups is 1. The molecule has 0 aliphatic carbocycles. The van der Waals surface area contributed by atoms with Gasteiger partial charge in [-0.25, -0.2) is 27.2 Å². The second-order valence-electron chi connectivity index (χ2n) is 7.77. The molecule has 2 N–H and O–H groups in total. The quantitative estimate of drug-likeness (QED) is 0.650. The average molecular weight is 477 g/mol. The summed E-state index contributed by atoms with van der Waals surface area (Å²) in [5.74, 6) is -2.96. The van der Waals surface area contributed by atoms with Gasteiger partial charge in [0.05, 0.1) is 11.9 Å². The number of piperazine rings is 1. The van der Waals surface area contributed by atoms with Crippen LogP contribution in [0.25, 0.3) is 11.3 Å². The van der Waals surface area contributed by atoms with Gasteiger partial charge < -0.3 is 10.6 Å². The van der Waals surface area contributed by atoms with Gasteiger partial charge in [0.1, 0.15) is 16.5 Å². The van der Waals surface area contributed by atoms with E-state index in [-0.39, 0.29) is 41.4 Å². The first-order chi connectivity index (χ1) is 15.7. The third-order valence-electron chi connectivity index (χ3n) is 5.51. The number of rotatable bonds is 5. The minimum Gasteiger partial charge on any atom is -0.382 e. The molecule has 1 fully saturated rings. The number of anilines is 1. The predicted octanol–water partition coefficient (Wildman–Crippen LogP) is 1.52. The van der Waals surface area contributed by atoms with E-state index in [0.717, 1.165) is 16.6 Å². The van der Waals surface area contributed by atoms with Crippen LogP contribution < -0.4 is 5.73 Å². The first-order valence-electron chi connectivity index (χ1n) is 10.2. The van der Waals surface area contributed by atoms with Crippen LogP contribution in [0.2, 0.25) is 0 Å². The fourth-order valence-electron chi connectivity index (χ4n) is 3.58. The van der Waals surface area contributed by atoms with Crippen molar-refractivity contribution < 1.29 is 22.0 Å². The van der Waals surface area contributed by atoms with Crippen molar-refractivity contribution in [2.75, 3.05) is 45.5 Å². The topological polar surface area (TPSA) is 122 Å². The largest absolute Gasteiger partial charge is 0.382 e. The molecule has 0 saturated carbocycles. The monoisotopic (exact) mass is 476 g/mol. The number of hydrogen-bond acceptors (Lipinski definition) is 8. The molecule has 0 bridgehead atoms. The molecule has 1 aromatic carbocycles. The first-order valence-corrected chi connectivity index (χ1v) is 11.7. The van der Waals surface area contributed by atoms with Crippen molar-refractivity contribution in [2.45, 2.75) is 11.3 Å². The van der Waals surface area contributed by atoms with Crippen molar-refractivity contribution in [2.24, 2.45) is 4.99 Å². The Hall–Kier alpha value is -3.09. The van der Waals surface area contributed by atoms with E-state index < -0.39 is 32.3 Å². The maximum absolute atomic E-state index is 14.7. The summed E-state index contributed by atoms with van der Waals surface area (Å²) in [6, 6.07) is 1.38. The van der Waals surface area contributed by atoms with Crippen molar-refractivity contribution in [3.05, 3.63) is 47.3 Å². The van der Waals surface area contributed by atoms with Gasteiger partial charge in [0.15, 0.2) is 11.5 Å². The number of nitrogens with zero attached hydrogens (tertiary/aromatic N) is 5. The van der Waals surface area contributed by atoms with E-state index in [1.165, 1.54) is 6.21 Å². The molecular weight excluding hydrogens is 454 g/mol. The highest BCUT2D eigenvalue weighted by molar-refractivity contribution is 7.89. The fourth-order valence-corrected chi connectivity index (χ4v) is 5.08. The molecule has 1 aromatic heterocycles. The van der Waals surface area contributed by atoms with Gasteiger partial charge in [-0.3, -0.25) is 9.79 Å². The molecule has 2 aliphatic heterocycles. The predicted molar refractivity (Wildman–Crippen MR) is 118 cm³/mol. The Balaban J connectivity index is 1.75. The maximum Gasteiger partial charge on any atom is 0.246 e. The normalized spacial score (nSPS) is 17.7. The third-order valence-corrected chi connectivity index (χ3v) is 7.42. The Kier molecular flexibility index (Phi) is 6.32. The molecule has 1 saturated heterocycles. The Morgan fingerprint density at radius 1 is 1.12 bits per heavy atom. The lowest BCUT2D eigenvalue weighted by atomic mass is 10.1. The van der Waals surface area contributed by atoms with Crippen LogP contribution >= 0.6 is 0 Å². The fraction of sp³-hybridized carbons (Fsp3) is 0.333. The number of sulfonamides is 1. The number of nitrogens with two attached hydrogens (primary N) is 1. The van der Waals surface area contributed by atoms with E-state index in [1.54, 1.807) is 6.08 Å². The Morgan fingerprint density at radius 3 is 2.52 bits per heavy atom. The SMILES string of the molecule is CN1CCN(S(=O)(=O)c2cc(-c3cnc(N)c(C(=O)C4=CCCN=C4)n3)c(F)cc2F)CC1. The first kappa shape index (κ1) is 23.1. The van der Waals surface area contributed by atoms with Gasteiger partial charge in [0.25, 0.3) is 0 Å². The molecule has 12 heteroatoms. The Morgan fingerprint density at radius 2 is 1.85 bits per heavy atom. The number of likely N-dealkylation sites (N-methyl/N-ethyl adjacent to an activating group) is 1. The molecule has 3 heterocycles. The van der Waals surface area contributed by atoms with Crippen molar-refractivity contribution in [1.29, 1.82) is 0 Å². The van der Waals surface area contributed by atoms with Crippen LogP contribution in [0, 0.1) is 11.6 Å². The van der Waals surface area contributed by atoms with E-state index in [0.29, 0.717) is 32.1 Å². The molecule has 0 unspecified atom stereocenters. The highest BCUT2D eigenvalue weighted by atomic mass is 32.2. The summed E-state index contributed by atoms with van der Waals surface area (Å²) < 4.78 is 56.6. The minimum atomic E-state index is -4.22. The standard InChI is InChI=1S/C21H22F2N6O3S/c1-28-5-7-29(8-6-28)33(31,32)18-9-14(15(22)10-16(18)23)17-12-26-21(24)19(27-17)20(30)13-3-2-4-25-11-13/h3,9-12H,2,4-8H2,1H3,(H2,24,26). The van der Waals surface area contributed by atoms with Crippen LogP contribution in [-0.2, 0) is 10.0 Å². The molecular formula is C21H22F2N6O3S. The van der Waals surface area contributed by atoms with Crippen LogP contribution in [0.3, 0.4) is 0 Å². The zero-order chi connectivity index (χ0) is 23.8. The smallest absolute Gasteiger partial charge is 0.246 e. The summed E-state index contributed by atoms with van der Waals surface area (Å²) >= 11 is 0. The maximum atomic E-state index is 14.7. The summed E-state index contributed by atoms with van der Waals surface area (Å²) in [7, 11) is -2.36. The summed E-state index contributed by atoms with van der Waals surface area (Å²) in [4.78, 5) is 26.2. The van der Waals surface area contributed by atoms with Crippen LogP contribution in [0.4, 0.5) is 14.6 Å². The zero-order valence-corrected chi connectivity index (χ0v) is 18.6. The molecule has 0 amide bonds. The molecule has 0 atom stereocenters. The van der Waals surface area contributed by atoms with E-state index in [2.05, 4.69) is 15.0 Å². The highest BCUT2D eigenvalue weighted by Gasteiger charge is 2.31. The number of hydrogen-bond donors (Lipinski definition) is 1. The summed E-state index contributed by atoms with van der Waals surface area (Å²) in [6.07, 6.45) is 4.77. The lowest BCUT2D eigenvalue weighted by Crippen LogP contribution is -2.47. The number of carbonyl (C=O) groups is 1. The van der Waals surface area contributed by atoms with E-state index in [4.69, 9.17) is 5.73 Å². The summed E-state index contributed by atoms with van der Waals surface area (Å²) in [6.45, 7) is 1.90. The van der Waals surface area contributed by atoms with Crippen LogP contribution in [0.5, 0.6) is 0 Å². The average Bonchev–Trinajstić information content (AvgIpc) is 2.80. The number of benzene rings is 1. The molecule has 4 rings (SSSR count). The Bertz CT molecular complexity index is 1270. The van der Waals surface area contributed by atoms with Crippen LogP contribution in [0.15, 0.2) is 39.9 Å². The van der Waals surface area contributed by atoms with Crippen molar-refractivity contribution >= 4 is 27.8 Å². The number of allylic oxidation sites excluding steroid dienone is 1. The highest BCUT2D eigenvalue weighted by Crippen LogP contribution is 2.30.